The van der Waals surface area contributed by atoms with Crippen molar-refractivity contribution in [3.05, 3.63) is 45.5 Å². The van der Waals surface area contributed by atoms with Crippen LogP contribution in [-0.2, 0) is 0 Å². The molecule has 1 heterocycles. The quantitative estimate of drug-likeness (QED) is 0.655. The summed E-state index contributed by atoms with van der Waals surface area (Å²) in [7, 11) is 1.69. The molecule has 0 saturated carbocycles. The monoisotopic (exact) mass is 356 g/mol. The van der Waals surface area contributed by atoms with Gasteiger partial charge in [0, 0.05) is 42.7 Å². The summed E-state index contributed by atoms with van der Waals surface area (Å²) in [6.45, 7) is 2.24. The predicted molar refractivity (Wildman–Crippen MR) is 92.1 cm³/mol. The lowest BCUT2D eigenvalue weighted by molar-refractivity contribution is -0.384. The lowest BCUT2D eigenvalue weighted by Crippen LogP contribution is -2.39. The summed E-state index contributed by atoms with van der Waals surface area (Å²) in [5, 5.41) is 13.0. The summed E-state index contributed by atoms with van der Waals surface area (Å²) in [4.78, 5) is 28.3. The molecule has 0 bridgehead atoms. The van der Waals surface area contributed by atoms with Crippen LogP contribution < -0.4 is 5.73 Å². The molecule has 0 fully saturated rings. The predicted octanol–water partition coefficient (Wildman–Crippen LogP) is 2.56. The van der Waals surface area contributed by atoms with Crippen LogP contribution in [0, 0.1) is 10.1 Å². The smallest absolute Gasteiger partial charge is 0.273 e. The summed E-state index contributed by atoms with van der Waals surface area (Å²) in [6.07, 6.45) is 0. The number of nitro benzene ring substituents is 1. The molecule has 1 aromatic heterocycles. The number of hydrogen-bond acceptors (Lipinski definition) is 6. The molecule has 1 atom stereocenters. The van der Waals surface area contributed by atoms with Crippen molar-refractivity contribution in [3.63, 3.8) is 0 Å². The molecule has 0 aliphatic rings. The van der Waals surface area contributed by atoms with Crippen molar-refractivity contribution in [2.45, 2.75) is 13.0 Å². The molecular weight excluding hydrogens is 340 g/mol. The van der Waals surface area contributed by atoms with Crippen LogP contribution in [0.3, 0.4) is 0 Å². The number of nitro groups is 1. The van der Waals surface area contributed by atoms with Crippen LogP contribution in [0.5, 0.6) is 0 Å². The van der Waals surface area contributed by atoms with E-state index in [-0.39, 0.29) is 30.0 Å². The maximum atomic E-state index is 12.3. The molecule has 1 aromatic carbocycles. The van der Waals surface area contributed by atoms with Gasteiger partial charge in [0.25, 0.3) is 11.6 Å². The van der Waals surface area contributed by atoms with E-state index in [9.17, 15) is 14.9 Å². The minimum atomic E-state index is -0.455. The number of benzene rings is 1. The standard InChI is InChI=1S/C14H16N4O3S.ClH/c1-9(7-15)17(2)14(19)12-8-22-13(16-12)10-3-5-11(6-4-10)18(20)21;/h3-6,8-9H,7,15H2,1-2H3;1H. The number of rotatable bonds is 5. The fraction of sp³-hybridized carbons (Fsp3) is 0.286. The van der Waals surface area contributed by atoms with E-state index in [4.69, 9.17) is 5.73 Å². The number of likely N-dealkylation sites (N-methyl/N-ethyl adjacent to an activating group) is 1. The van der Waals surface area contributed by atoms with Gasteiger partial charge in [0.1, 0.15) is 10.7 Å². The number of non-ortho nitro benzene ring substituents is 1. The number of nitrogens with zero attached hydrogens (tertiary/aromatic N) is 3. The van der Waals surface area contributed by atoms with E-state index in [0.29, 0.717) is 17.2 Å². The normalized spacial score (nSPS) is 11.4. The Morgan fingerprint density at radius 2 is 2.04 bits per heavy atom. The van der Waals surface area contributed by atoms with Gasteiger partial charge in [-0.3, -0.25) is 14.9 Å². The SMILES string of the molecule is CC(CN)N(C)C(=O)c1csc(-c2ccc([N+](=O)[O-])cc2)n1.Cl. The first-order valence-corrected chi connectivity index (χ1v) is 7.49. The summed E-state index contributed by atoms with van der Waals surface area (Å²) < 4.78 is 0. The van der Waals surface area contributed by atoms with Gasteiger partial charge in [0.05, 0.1) is 4.92 Å². The average molecular weight is 357 g/mol. The molecular formula is C14H17ClN4O3S. The third-order valence-corrected chi connectivity index (χ3v) is 4.26. The van der Waals surface area contributed by atoms with Crippen LogP contribution >= 0.6 is 23.7 Å². The lowest BCUT2D eigenvalue weighted by atomic mass is 10.2. The molecule has 2 rings (SSSR count). The minimum absolute atomic E-state index is 0. The van der Waals surface area contributed by atoms with E-state index >= 15 is 0 Å². The first-order valence-electron chi connectivity index (χ1n) is 6.61. The van der Waals surface area contributed by atoms with Gasteiger partial charge in [-0.15, -0.1) is 23.7 Å². The Balaban J connectivity index is 0.00000264. The van der Waals surface area contributed by atoms with Gasteiger partial charge in [0.2, 0.25) is 0 Å². The topological polar surface area (TPSA) is 102 Å². The number of thiazole rings is 1. The van der Waals surface area contributed by atoms with E-state index in [1.807, 2.05) is 6.92 Å². The summed E-state index contributed by atoms with van der Waals surface area (Å²) in [5.41, 5.74) is 6.67. The molecule has 0 spiro atoms. The highest BCUT2D eigenvalue weighted by Gasteiger charge is 2.19. The Bertz CT molecular complexity index is 690. The van der Waals surface area contributed by atoms with Crippen molar-refractivity contribution >= 4 is 35.3 Å². The molecule has 9 heteroatoms. The second kappa shape index (κ2) is 8.00. The van der Waals surface area contributed by atoms with Gasteiger partial charge >= 0.3 is 0 Å². The second-order valence-corrected chi connectivity index (χ2v) is 5.70. The van der Waals surface area contributed by atoms with E-state index in [2.05, 4.69) is 4.98 Å². The van der Waals surface area contributed by atoms with Crippen molar-refractivity contribution in [1.29, 1.82) is 0 Å². The van der Waals surface area contributed by atoms with Crippen LogP contribution in [0.2, 0.25) is 0 Å². The van der Waals surface area contributed by atoms with E-state index in [1.54, 1.807) is 29.5 Å². The Labute approximate surface area is 143 Å². The van der Waals surface area contributed by atoms with Crippen LogP contribution in [0.4, 0.5) is 5.69 Å². The molecule has 2 aromatic rings. The zero-order chi connectivity index (χ0) is 16.3. The van der Waals surface area contributed by atoms with Crippen LogP contribution in [-0.4, -0.2) is 40.3 Å². The third-order valence-electron chi connectivity index (χ3n) is 3.37. The van der Waals surface area contributed by atoms with Crippen molar-refractivity contribution < 1.29 is 9.72 Å². The average Bonchev–Trinajstić information content (AvgIpc) is 3.02. The highest BCUT2D eigenvalue weighted by atomic mass is 35.5. The highest BCUT2D eigenvalue weighted by Crippen LogP contribution is 2.26. The van der Waals surface area contributed by atoms with Gasteiger partial charge in [0.15, 0.2) is 0 Å². The second-order valence-electron chi connectivity index (χ2n) is 4.84. The lowest BCUT2D eigenvalue weighted by Gasteiger charge is -2.22. The minimum Gasteiger partial charge on any atom is -0.336 e. The Kier molecular flexibility index (Phi) is 6.62. The zero-order valence-electron chi connectivity index (χ0n) is 12.6. The third kappa shape index (κ3) is 4.25. The number of carbonyl (C=O) groups excluding carboxylic acids is 1. The number of aromatic nitrogens is 1. The fourth-order valence-electron chi connectivity index (χ4n) is 1.77. The highest BCUT2D eigenvalue weighted by molar-refractivity contribution is 7.13. The Hall–Kier alpha value is -2.03. The van der Waals surface area contributed by atoms with Gasteiger partial charge in [-0.25, -0.2) is 4.98 Å². The number of amides is 1. The first kappa shape index (κ1) is 19.0. The molecule has 1 amide bonds. The van der Waals surface area contributed by atoms with Gasteiger partial charge in [-0.2, -0.15) is 0 Å². The summed E-state index contributed by atoms with van der Waals surface area (Å²) in [6, 6.07) is 6.01. The summed E-state index contributed by atoms with van der Waals surface area (Å²) >= 11 is 1.32. The number of hydrogen-bond donors (Lipinski definition) is 1. The maximum Gasteiger partial charge on any atom is 0.273 e. The zero-order valence-corrected chi connectivity index (χ0v) is 14.3. The van der Waals surface area contributed by atoms with Gasteiger partial charge in [-0.05, 0) is 19.1 Å². The molecule has 0 aliphatic carbocycles. The molecule has 0 aliphatic heterocycles. The largest absolute Gasteiger partial charge is 0.336 e. The van der Waals surface area contributed by atoms with Crippen LogP contribution in [0.25, 0.3) is 10.6 Å². The number of carbonyl (C=O) groups is 1. The Morgan fingerprint density at radius 1 is 1.43 bits per heavy atom. The van der Waals surface area contributed by atoms with Crippen molar-refractivity contribution in [2.75, 3.05) is 13.6 Å². The van der Waals surface area contributed by atoms with E-state index in [0.717, 1.165) is 5.56 Å². The van der Waals surface area contributed by atoms with E-state index < -0.39 is 4.92 Å². The molecule has 2 N–H and O–H groups in total. The van der Waals surface area contributed by atoms with E-state index in [1.165, 1.54) is 23.5 Å². The Morgan fingerprint density at radius 3 is 2.57 bits per heavy atom. The van der Waals surface area contributed by atoms with Crippen LogP contribution in [0.1, 0.15) is 17.4 Å². The maximum absolute atomic E-state index is 12.3. The van der Waals surface area contributed by atoms with Gasteiger partial charge < -0.3 is 10.6 Å². The molecule has 23 heavy (non-hydrogen) atoms. The van der Waals surface area contributed by atoms with Crippen LogP contribution in [0.15, 0.2) is 29.6 Å². The van der Waals surface area contributed by atoms with Crippen molar-refractivity contribution in [1.82, 2.24) is 9.88 Å². The molecule has 1 unspecified atom stereocenters. The van der Waals surface area contributed by atoms with Crippen molar-refractivity contribution in [2.24, 2.45) is 5.73 Å². The first-order chi connectivity index (χ1) is 10.4. The molecule has 7 nitrogen and oxygen atoms in total. The fourth-order valence-corrected chi connectivity index (χ4v) is 2.57. The van der Waals surface area contributed by atoms with Gasteiger partial charge in [-0.1, -0.05) is 0 Å². The van der Waals surface area contributed by atoms with Crippen molar-refractivity contribution in [3.8, 4) is 10.6 Å². The summed E-state index contributed by atoms with van der Waals surface area (Å²) in [5.74, 6) is -0.192. The number of nitrogens with two attached hydrogens (primary N) is 1. The molecule has 0 radical (unpaired) electrons. The number of halogens is 1. The molecule has 0 saturated heterocycles. The molecule has 124 valence electrons.